The standard InChI is InChI=1S/C26H24N3/c1-17(2)19-6-8-20(9-7-19)18(3)28-24-13-11-22-14-21-10-12-23(27-4)15-25(21)29(5)26(22)16-24/h6-16H,1,4H2,2-3,5H3/q+1. The number of aromatic nitrogens is 1. The highest BCUT2D eigenvalue weighted by Gasteiger charge is 2.13. The number of rotatable bonds is 4. The number of aryl methyl sites for hydroxylation is 1. The topological polar surface area (TPSA) is 28.6 Å². The van der Waals surface area contributed by atoms with Crippen molar-refractivity contribution in [2.24, 2.45) is 17.0 Å². The molecule has 1 aromatic heterocycles. The van der Waals surface area contributed by atoms with Gasteiger partial charge in [0.2, 0.25) is 11.0 Å². The summed E-state index contributed by atoms with van der Waals surface area (Å²) >= 11 is 0. The van der Waals surface area contributed by atoms with Gasteiger partial charge in [0, 0.05) is 28.6 Å². The third kappa shape index (κ3) is 3.59. The molecule has 0 saturated carbocycles. The fourth-order valence-electron chi connectivity index (χ4n) is 3.61. The second-order valence-electron chi connectivity index (χ2n) is 7.40. The molecule has 0 aliphatic rings. The molecular weight excluding hydrogens is 354 g/mol. The zero-order valence-corrected chi connectivity index (χ0v) is 17.1. The second-order valence-corrected chi connectivity index (χ2v) is 7.40. The highest BCUT2D eigenvalue weighted by atomic mass is 14.9. The Morgan fingerprint density at radius 2 is 1.31 bits per heavy atom. The van der Waals surface area contributed by atoms with E-state index in [2.05, 4.69) is 90.6 Å². The summed E-state index contributed by atoms with van der Waals surface area (Å²) in [6, 6.07) is 23.1. The Bertz CT molecular complexity index is 1300. The molecule has 142 valence electrons. The molecule has 0 N–H and O–H groups in total. The van der Waals surface area contributed by atoms with E-state index in [1.807, 2.05) is 19.9 Å². The lowest BCUT2D eigenvalue weighted by Crippen LogP contribution is -2.29. The fourth-order valence-corrected chi connectivity index (χ4v) is 3.61. The Morgan fingerprint density at radius 3 is 1.90 bits per heavy atom. The van der Waals surface area contributed by atoms with Crippen LogP contribution in [0.3, 0.4) is 0 Å². The summed E-state index contributed by atoms with van der Waals surface area (Å²) in [7, 11) is 2.08. The van der Waals surface area contributed by atoms with Gasteiger partial charge in [0.25, 0.3) is 0 Å². The van der Waals surface area contributed by atoms with Gasteiger partial charge in [0.15, 0.2) is 0 Å². The van der Waals surface area contributed by atoms with Crippen molar-refractivity contribution in [2.75, 3.05) is 0 Å². The third-order valence-electron chi connectivity index (χ3n) is 5.34. The van der Waals surface area contributed by atoms with Crippen molar-refractivity contribution in [3.63, 3.8) is 0 Å². The Balaban J connectivity index is 1.78. The average molecular weight is 378 g/mol. The van der Waals surface area contributed by atoms with Crippen LogP contribution in [-0.2, 0) is 7.05 Å². The van der Waals surface area contributed by atoms with Gasteiger partial charge >= 0.3 is 0 Å². The minimum absolute atomic E-state index is 0.871. The summed E-state index contributed by atoms with van der Waals surface area (Å²) in [5.74, 6) is 0. The van der Waals surface area contributed by atoms with Gasteiger partial charge in [-0.05, 0) is 62.0 Å². The van der Waals surface area contributed by atoms with Crippen LogP contribution in [-0.4, -0.2) is 12.4 Å². The molecule has 4 aromatic rings. The normalized spacial score (nSPS) is 11.8. The highest BCUT2D eigenvalue weighted by molar-refractivity contribution is 6.01. The molecule has 29 heavy (non-hydrogen) atoms. The van der Waals surface area contributed by atoms with E-state index in [1.54, 1.807) is 0 Å². The molecule has 3 heteroatoms. The van der Waals surface area contributed by atoms with Gasteiger partial charge in [0.1, 0.15) is 7.05 Å². The predicted molar refractivity (Wildman–Crippen MR) is 125 cm³/mol. The van der Waals surface area contributed by atoms with Crippen molar-refractivity contribution in [3.8, 4) is 0 Å². The first-order valence-electron chi connectivity index (χ1n) is 9.61. The van der Waals surface area contributed by atoms with Gasteiger partial charge in [-0.1, -0.05) is 36.4 Å². The highest BCUT2D eigenvalue weighted by Crippen LogP contribution is 2.25. The average Bonchev–Trinajstić information content (AvgIpc) is 2.74. The maximum Gasteiger partial charge on any atom is 0.214 e. The van der Waals surface area contributed by atoms with Crippen molar-refractivity contribution >= 4 is 51.2 Å². The van der Waals surface area contributed by atoms with Crippen LogP contribution in [0.25, 0.3) is 27.4 Å². The molecule has 0 aliphatic heterocycles. The van der Waals surface area contributed by atoms with Crippen LogP contribution in [0.15, 0.2) is 83.3 Å². The molecule has 0 radical (unpaired) electrons. The smallest absolute Gasteiger partial charge is 0.214 e. The van der Waals surface area contributed by atoms with E-state index in [0.717, 1.165) is 44.8 Å². The number of pyridine rings is 1. The summed E-state index contributed by atoms with van der Waals surface area (Å²) < 4.78 is 2.19. The molecule has 0 aliphatic carbocycles. The molecule has 3 nitrogen and oxygen atoms in total. The summed E-state index contributed by atoms with van der Waals surface area (Å²) in [5, 5.41) is 2.36. The van der Waals surface area contributed by atoms with E-state index in [9.17, 15) is 0 Å². The minimum Gasteiger partial charge on any atom is -0.264 e. The molecule has 1 heterocycles. The largest absolute Gasteiger partial charge is 0.264 e. The van der Waals surface area contributed by atoms with Crippen molar-refractivity contribution in [2.45, 2.75) is 13.8 Å². The molecule has 0 fully saturated rings. The van der Waals surface area contributed by atoms with E-state index in [-0.39, 0.29) is 0 Å². The summed E-state index contributed by atoms with van der Waals surface area (Å²) in [4.78, 5) is 8.92. The number of allylic oxidation sites excluding steroid dienone is 1. The van der Waals surface area contributed by atoms with Crippen LogP contribution >= 0.6 is 0 Å². The van der Waals surface area contributed by atoms with Crippen LogP contribution in [0, 0.1) is 0 Å². The number of hydrogen-bond acceptors (Lipinski definition) is 2. The summed E-state index contributed by atoms with van der Waals surface area (Å²) in [6.07, 6.45) is 0. The van der Waals surface area contributed by atoms with E-state index in [4.69, 9.17) is 4.99 Å². The number of hydrogen-bond donors (Lipinski definition) is 0. The number of nitrogens with zero attached hydrogens (tertiary/aromatic N) is 3. The van der Waals surface area contributed by atoms with Crippen LogP contribution in [0.2, 0.25) is 0 Å². The van der Waals surface area contributed by atoms with Crippen LogP contribution in [0.1, 0.15) is 25.0 Å². The Kier molecular flexibility index (Phi) is 4.81. The van der Waals surface area contributed by atoms with Crippen LogP contribution < -0.4 is 4.57 Å². The van der Waals surface area contributed by atoms with Gasteiger partial charge in [0.05, 0.1) is 11.4 Å². The van der Waals surface area contributed by atoms with Gasteiger partial charge in [-0.15, -0.1) is 0 Å². The molecule has 0 bridgehead atoms. The third-order valence-corrected chi connectivity index (χ3v) is 5.34. The van der Waals surface area contributed by atoms with E-state index < -0.39 is 0 Å². The number of aliphatic imine (C=N–C) groups is 2. The lowest BCUT2D eigenvalue weighted by atomic mass is 10.0. The molecule has 0 atom stereocenters. The van der Waals surface area contributed by atoms with E-state index in [1.165, 1.54) is 10.8 Å². The van der Waals surface area contributed by atoms with Crippen molar-refractivity contribution in [1.29, 1.82) is 0 Å². The second kappa shape index (κ2) is 7.44. The zero-order valence-electron chi connectivity index (χ0n) is 17.1. The minimum atomic E-state index is 0.871. The Morgan fingerprint density at radius 1 is 0.759 bits per heavy atom. The quantitative estimate of drug-likeness (QED) is 0.226. The molecule has 0 amide bonds. The number of fused-ring (bicyclic) bond motifs is 2. The maximum atomic E-state index is 4.86. The lowest BCUT2D eigenvalue weighted by Gasteiger charge is -2.06. The molecule has 3 aromatic carbocycles. The first-order chi connectivity index (χ1) is 14.0. The van der Waals surface area contributed by atoms with Gasteiger partial charge < -0.3 is 0 Å². The molecule has 0 unspecified atom stereocenters. The molecule has 4 rings (SSSR count). The van der Waals surface area contributed by atoms with Gasteiger partial charge in [-0.25, -0.2) is 0 Å². The zero-order chi connectivity index (χ0) is 20.5. The maximum absolute atomic E-state index is 4.86. The lowest BCUT2D eigenvalue weighted by molar-refractivity contribution is -0.617. The van der Waals surface area contributed by atoms with Gasteiger partial charge in [-0.2, -0.15) is 4.57 Å². The molecule has 0 saturated heterocycles. The van der Waals surface area contributed by atoms with Crippen LogP contribution in [0.4, 0.5) is 11.4 Å². The Labute approximate surface area is 171 Å². The number of benzene rings is 3. The summed E-state index contributed by atoms with van der Waals surface area (Å²) in [5.41, 5.74) is 8.37. The monoisotopic (exact) mass is 378 g/mol. The molecule has 0 spiro atoms. The molecular formula is C26H24N3+. The summed E-state index contributed by atoms with van der Waals surface area (Å²) in [6.45, 7) is 11.7. The Hall–Kier alpha value is -3.59. The van der Waals surface area contributed by atoms with Gasteiger partial charge in [-0.3, -0.25) is 9.98 Å². The van der Waals surface area contributed by atoms with Crippen molar-refractivity contribution in [3.05, 3.63) is 84.4 Å². The SMILES string of the molecule is C=Nc1ccc2cc3ccc(/N=C(\C)c4ccc(C(=C)C)cc4)cc3[n+](C)c2c1. The van der Waals surface area contributed by atoms with Crippen molar-refractivity contribution in [1.82, 2.24) is 0 Å². The predicted octanol–water partition coefficient (Wildman–Crippen LogP) is 6.32. The van der Waals surface area contributed by atoms with Crippen molar-refractivity contribution < 1.29 is 4.57 Å². The van der Waals surface area contributed by atoms with E-state index >= 15 is 0 Å². The first kappa shape index (κ1) is 18.8. The first-order valence-corrected chi connectivity index (χ1v) is 9.61. The van der Waals surface area contributed by atoms with Crippen LogP contribution in [0.5, 0.6) is 0 Å². The van der Waals surface area contributed by atoms with E-state index in [0.29, 0.717) is 0 Å². The fraction of sp³-hybridized carbons (Fsp3) is 0.115.